The van der Waals surface area contributed by atoms with E-state index >= 15 is 0 Å². The van der Waals surface area contributed by atoms with Crippen LogP contribution in [-0.2, 0) is 10.5 Å². The molecule has 0 amide bonds. The third-order valence-electron chi connectivity index (χ3n) is 1.80. The summed E-state index contributed by atoms with van der Waals surface area (Å²) in [6, 6.07) is 0. The number of hydrogen-bond acceptors (Lipinski definition) is 5. The molecule has 0 spiro atoms. The second-order valence-electron chi connectivity index (χ2n) is 2.94. The lowest BCUT2D eigenvalue weighted by molar-refractivity contribution is 0.0524. The van der Waals surface area contributed by atoms with Crippen molar-refractivity contribution in [3.05, 3.63) is 23.3 Å². The highest BCUT2D eigenvalue weighted by molar-refractivity contribution is 7.97. The van der Waals surface area contributed by atoms with E-state index in [1.165, 1.54) is 6.20 Å². The van der Waals surface area contributed by atoms with Crippen molar-refractivity contribution in [2.45, 2.75) is 19.6 Å². The number of esters is 1. The standard InChI is InChI=1S/C10H14N2O2S/c1-4-14-10(13)8-5-11-9(6-15-3)12-7(8)2/h5H,4,6H2,1-3H3. The van der Waals surface area contributed by atoms with E-state index in [1.807, 2.05) is 6.26 Å². The van der Waals surface area contributed by atoms with Gasteiger partial charge in [0.25, 0.3) is 0 Å². The average molecular weight is 226 g/mol. The molecule has 0 radical (unpaired) electrons. The highest BCUT2D eigenvalue weighted by Crippen LogP contribution is 2.09. The maximum atomic E-state index is 11.4. The van der Waals surface area contributed by atoms with Gasteiger partial charge in [0.1, 0.15) is 5.82 Å². The lowest BCUT2D eigenvalue weighted by Gasteiger charge is -2.05. The number of aryl methyl sites for hydroxylation is 1. The summed E-state index contributed by atoms with van der Waals surface area (Å²) in [6.07, 6.45) is 3.52. The van der Waals surface area contributed by atoms with Crippen LogP contribution in [0, 0.1) is 6.92 Å². The molecule has 0 aliphatic carbocycles. The van der Waals surface area contributed by atoms with Crippen LogP contribution in [0.15, 0.2) is 6.20 Å². The number of thioether (sulfide) groups is 1. The number of rotatable bonds is 4. The van der Waals surface area contributed by atoms with Crippen LogP contribution in [-0.4, -0.2) is 28.8 Å². The van der Waals surface area contributed by atoms with Gasteiger partial charge in [0.2, 0.25) is 0 Å². The summed E-state index contributed by atoms with van der Waals surface area (Å²) in [7, 11) is 0. The fourth-order valence-electron chi connectivity index (χ4n) is 1.12. The summed E-state index contributed by atoms with van der Waals surface area (Å²) < 4.78 is 4.88. The van der Waals surface area contributed by atoms with E-state index in [2.05, 4.69) is 9.97 Å². The first kappa shape index (κ1) is 12.0. The zero-order valence-electron chi connectivity index (χ0n) is 9.11. The molecule has 1 heterocycles. The molecule has 1 rings (SSSR count). The molecule has 0 aliphatic rings. The zero-order chi connectivity index (χ0) is 11.3. The van der Waals surface area contributed by atoms with Crippen LogP contribution < -0.4 is 0 Å². The molecule has 0 aromatic carbocycles. The minimum Gasteiger partial charge on any atom is -0.462 e. The highest BCUT2D eigenvalue weighted by Gasteiger charge is 2.12. The summed E-state index contributed by atoms with van der Waals surface area (Å²) in [4.78, 5) is 19.8. The van der Waals surface area contributed by atoms with E-state index in [4.69, 9.17) is 4.74 Å². The second-order valence-corrected chi connectivity index (χ2v) is 3.80. The molecule has 0 fully saturated rings. The van der Waals surface area contributed by atoms with Crippen molar-refractivity contribution in [3.63, 3.8) is 0 Å². The molecular formula is C10H14N2O2S. The first-order valence-electron chi connectivity index (χ1n) is 4.67. The van der Waals surface area contributed by atoms with E-state index in [0.717, 1.165) is 11.6 Å². The molecule has 0 N–H and O–H groups in total. The van der Waals surface area contributed by atoms with Crippen LogP contribution in [0.3, 0.4) is 0 Å². The van der Waals surface area contributed by atoms with Gasteiger partial charge in [-0.25, -0.2) is 14.8 Å². The molecule has 0 saturated heterocycles. The lowest BCUT2D eigenvalue weighted by Crippen LogP contribution is -2.10. The van der Waals surface area contributed by atoms with Crippen molar-refractivity contribution in [1.82, 2.24) is 9.97 Å². The van der Waals surface area contributed by atoms with Gasteiger partial charge in [-0.05, 0) is 20.1 Å². The number of aromatic nitrogens is 2. The Labute approximate surface area is 93.5 Å². The molecule has 15 heavy (non-hydrogen) atoms. The van der Waals surface area contributed by atoms with Crippen molar-refractivity contribution in [1.29, 1.82) is 0 Å². The maximum Gasteiger partial charge on any atom is 0.341 e. The number of hydrogen-bond donors (Lipinski definition) is 0. The lowest BCUT2D eigenvalue weighted by atomic mass is 10.2. The van der Waals surface area contributed by atoms with Crippen molar-refractivity contribution in [2.24, 2.45) is 0 Å². The van der Waals surface area contributed by atoms with Crippen molar-refractivity contribution < 1.29 is 9.53 Å². The smallest absolute Gasteiger partial charge is 0.341 e. The molecule has 1 aromatic heterocycles. The van der Waals surface area contributed by atoms with Crippen molar-refractivity contribution in [3.8, 4) is 0 Å². The molecular weight excluding hydrogens is 212 g/mol. The molecule has 1 aromatic rings. The van der Waals surface area contributed by atoms with Gasteiger partial charge in [-0.2, -0.15) is 11.8 Å². The van der Waals surface area contributed by atoms with Crippen molar-refractivity contribution >= 4 is 17.7 Å². The van der Waals surface area contributed by atoms with Crippen LogP contribution in [0.1, 0.15) is 28.8 Å². The van der Waals surface area contributed by atoms with E-state index in [9.17, 15) is 4.79 Å². The topological polar surface area (TPSA) is 52.1 Å². The predicted molar refractivity (Wildman–Crippen MR) is 59.9 cm³/mol. The van der Waals surface area contributed by atoms with Gasteiger partial charge in [-0.1, -0.05) is 0 Å². The number of nitrogens with zero attached hydrogens (tertiary/aromatic N) is 2. The fourth-order valence-corrected chi connectivity index (χ4v) is 1.52. The van der Waals surface area contributed by atoms with Gasteiger partial charge in [0.05, 0.1) is 23.6 Å². The average Bonchev–Trinajstić information content (AvgIpc) is 2.18. The quantitative estimate of drug-likeness (QED) is 0.733. The van der Waals surface area contributed by atoms with Gasteiger partial charge >= 0.3 is 5.97 Å². The predicted octanol–water partition coefficient (Wildman–Crippen LogP) is 1.82. The minimum atomic E-state index is -0.356. The summed E-state index contributed by atoms with van der Waals surface area (Å²) in [5.41, 5.74) is 1.12. The Bertz CT molecular complexity index is 355. The Morgan fingerprint density at radius 2 is 2.33 bits per heavy atom. The minimum absolute atomic E-state index is 0.356. The van der Waals surface area contributed by atoms with Crippen LogP contribution in [0.5, 0.6) is 0 Å². The van der Waals surface area contributed by atoms with Gasteiger partial charge in [-0.3, -0.25) is 0 Å². The van der Waals surface area contributed by atoms with E-state index in [-0.39, 0.29) is 5.97 Å². The molecule has 0 unspecified atom stereocenters. The van der Waals surface area contributed by atoms with Gasteiger partial charge in [0, 0.05) is 6.20 Å². The number of ether oxygens (including phenoxy) is 1. The van der Waals surface area contributed by atoms with Gasteiger partial charge < -0.3 is 4.74 Å². The largest absolute Gasteiger partial charge is 0.462 e. The summed E-state index contributed by atoms with van der Waals surface area (Å²) in [5.74, 6) is 1.14. The fraction of sp³-hybridized carbons (Fsp3) is 0.500. The SMILES string of the molecule is CCOC(=O)c1cnc(CSC)nc1C. The maximum absolute atomic E-state index is 11.4. The first-order valence-corrected chi connectivity index (χ1v) is 6.07. The van der Waals surface area contributed by atoms with Crippen LogP contribution in [0.2, 0.25) is 0 Å². The van der Waals surface area contributed by atoms with E-state index in [0.29, 0.717) is 17.9 Å². The Morgan fingerprint density at radius 3 is 2.87 bits per heavy atom. The molecule has 4 nitrogen and oxygen atoms in total. The Morgan fingerprint density at radius 1 is 1.60 bits per heavy atom. The van der Waals surface area contributed by atoms with Crippen LogP contribution in [0.25, 0.3) is 0 Å². The molecule has 82 valence electrons. The van der Waals surface area contributed by atoms with Gasteiger partial charge in [0.15, 0.2) is 0 Å². The first-order chi connectivity index (χ1) is 7.19. The van der Waals surface area contributed by atoms with Crippen LogP contribution in [0.4, 0.5) is 0 Å². The third-order valence-corrected chi connectivity index (χ3v) is 2.34. The summed E-state index contributed by atoms with van der Waals surface area (Å²) >= 11 is 1.65. The third kappa shape index (κ3) is 3.20. The highest BCUT2D eigenvalue weighted by atomic mass is 32.2. The molecule has 0 aliphatic heterocycles. The zero-order valence-corrected chi connectivity index (χ0v) is 9.93. The number of carbonyl (C=O) groups excluding carboxylic acids is 1. The summed E-state index contributed by atoms with van der Waals surface area (Å²) in [5, 5.41) is 0. The monoisotopic (exact) mass is 226 g/mol. The van der Waals surface area contributed by atoms with E-state index in [1.54, 1.807) is 25.6 Å². The normalized spacial score (nSPS) is 10.1. The second kappa shape index (κ2) is 5.70. The molecule has 0 atom stereocenters. The van der Waals surface area contributed by atoms with Crippen LogP contribution >= 0.6 is 11.8 Å². The Balaban J connectivity index is 2.87. The molecule has 5 heteroatoms. The Hall–Kier alpha value is -1.10. The molecule has 0 bridgehead atoms. The van der Waals surface area contributed by atoms with Gasteiger partial charge in [-0.15, -0.1) is 0 Å². The number of carbonyl (C=O) groups is 1. The Kier molecular flexibility index (Phi) is 4.55. The van der Waals surface area contributed by atoms with Crippen molar-refractivity contribution in [2.75, 3.05) is 12.9 Å². The molecule has 0 saturated carbocycles. The summed E-state index contributed by atoms with van der Waals surface area (Å²) in [6.45, 7) is 3.93. The van der Waals surface area contributed by atoms with E-state index < -0.39 is 0 Å².